The number of amides is 1. The van der Waals surface area contributed by atoms with E-state index in [4.69, 9.17) is 4.98 Å². The average molecular weight is 382 g/mol. The van der Waals surface area contributed by atoms with Crippen LogP contribution in [-0.2, 0) is 13.0 Å². The van der Waals surface area contributed by atoms with Gasteiger partial charge in [-0.15, -0.1) is 10.2 Å². The molecule has 1 fully saturated rings. The smallest absolute Gasteiger partial charge is 0.291 e. The van der Waals surface area contributed by atoms with Crippen molar-refractivity contribution in [3.8, 4) is 0 Å². The summed E-state index contributed by atoms with van der Waals surface area (Å²) in [6, 6.07) is 4.32. The van der Waals surface area contributed by atoms with Crippen molar-refractivity contribution in [2.24, 2.45) is 0 Å². The molecule has 0 aliphatic carbocycles. The number of aromatic nitrogens is 4. The molecule has 3 aromatic rings. The van der Waals surface area contributed by atoms with Crippen LogP contribution in [0.25, 0.3) is 10.2 Å². The Morgan fingerprint density at radius 3 is 2.70 bits per heavy atom. The Morgan fingerprint density at radius 1 is 1.07 bits per heavy atom. The van der Waals surface area contributed by atoms with Gasteiger partial charge in [0.1, 0.15) is 5.82 Å². The Hall–Kier alpha value is -2.48. The second-order valence-electron chi connectivity index (χ2n) is 7.32. The molecule has 2 aliphatic rings. The fourth-order valence-electron chi connectivity index (χ4n) is 3.90. The van der Waals surface area contributed by atoms with E-state index < -0.39 is 0 Å². The summed E-state index contributed by atoms with van der Waals surface area (Å²) in [5.74, 6) is 1.45. The van der Waals surface area contributed by atoms with Gasteiger partial charge in [-0.25, -0.2) is 4.98 Å². The lowest BCUT2D eigenvalue weighted by molar-refractivity contribution is 0.0729. The molecule has 0 spiro atoms. The number of benzene rings is 1. The third-order valence-electron chi connectivity index (χ3n) is 5.71. The zero-order chi connectivity index (χ0) is 18.5. The third kappa shape index (κ3) is 2.70. The van der Waals surface area contributed by atoms with Crippen LogP contribution in [0.4, 0.5) is 5.13 Å². The van der Waals surface area contributed by atoms with E-state index in [0.29, 0.717) is 18.9 Å². The summed E-state index contributed by atoms with van der Waals surface area (Å²) < 4.78 is 3.21. The third-order valence-corrected chi connectivity index (χ3v) is 6.79. The van der Waals surface area contributed by atoms with Crippen LogP contribution in [0.15, 0.2) is 12.1 Å². The number of anilines is 1. The zero-order valence-corrected chi connectivity index (χ0v) is 16.4. The maximum Gasteiger partial charge on any atom is 0.291 e. The van der Waals surface area contributed by atoms with E-state index in [-0.39, 0.29) is 5.91 Å². The minimum atomic E-state index is 0.00562. The van der Waals surface area contributed by atoms with Gasteiger partial charge in [-0.2, -0.15) is 0 Å². The number of nitrogens with zero attached hydrogens (tertiary/aromatic N) is 6. The van der Waals surface area contributed by atoms with E-state index in [0.717, 1.165) is 48.9 Å². The number of aryl methyl sites for hydroxylation is 3. The lowest BCUT2D eigenvalue weighted by Crippen LogP contribution is -2.49. The van der Waals surface area contributed by atoms with Gasteiger partial charge in [0, 0.05) is 39.1 Å². The molecule has 0 unspecified atom stereocenters. The summed E-state index contributed by atoms with van der Waals surface area (Å²) in [7, 11) is 0. The van der Waals surface area contributed by atoms with Crippen LogP contribution >= 0.6 is 11.3 Å². The molecular formula is C19H22N6OS. The second-order valence-corrected chi connectivity index (χ2v) is 8.33. The lowest BCUT2D eigenvalue weighted by Gasteiger charge is -2.34. The molecule has 1 saturated heterocycles. The number of hydrogen-bond acceptors (Lipinski definition) is 6. The maximum absolute atomic E-state index is 12.9. The number of fused-ring (bicyclic) bond motifs is 2. The SMILES string of the molecule is Cc1ccc2sc(N3CCN(C(=O)c4nnc5n4CCC5)CC3)nc2c1C. The highest BCUT2D eigenvalue weighted by atomic mass is 32.1. The minimum absolute atomic E-state index is 0.00562. The minimum Gasteiger partial charge on any atom is -0.345 e. The zero-order valence-electron chi connectivity index (χ0n) is 15.6. The fraction of sp³-hybridized carbons (Fsp3) is 0.474. The quantitative estimate of drug-likeness (QED) is 0.681. The average Bonchev–Trinajstić information content (AvgIpc) is 3.39. The van der Waals surface area contributed by atoms with Gasteiger partial charge >= 0.3 is 0 Å². The number of rotatable bonds is 2. The van der Waals surface area contributed by atoms with Crippen LogP contribution in [0.3, 0.4) is 0 Å². The molecule has 1 aromatic carbocycles. The summed E-state index contributed by atoms with van der Waals surface area (Å²) in [4.78, 5) is 21.9. The first-order chi connectivity index (χ1) is 13.1. The first-order valence-corrected chi connectivity index (χ1v) is 10.3. The van der Waals surface area contributed by atoms with Crippen molar-refractivity contribution in [3.05, 3.63) is 34.9 Å². The molecule has 8 heteroatoms. The summed E-state index contributed by atoms with van der Waals surface area (Å²) >= 11 is 1.74. The van der Waals surface area contributed by atoms with E-state index >= 15 is 0 Å². The monoisotopic (exact) mass is 382 g/mol. The molecule has 140 valence electrons. The second kappa shape index (κ2) is 6.30. The molecule has 0 atom stereocenters. The highest BCUT2D eigenvalue weighted by Crippen LogP contribution is 2.32. The van der Waals surface area contributed by atoms with Crippen molar-refractivity contribution in [1.29, 1.82) is 0 Å². The van der Waals surface area contributed by atoms with Gasteiger partial charge < -0.3 is 14.4 Å². The molecule has 0 radical (unpaired) electrons. The van der Waals surface area contributed by atoms with E-state index in [2.05, 4.69) is 41.1 Å². The Bertz CT molecular complexity index is 1030. The molecule has 2 aromatic heterocycles. The number of carbonyl (C=O) groups is 1. The molecule has 0 saturated carbocycles. The van der Waals surface area contributed by atoms with Crippen molar-refractivity contribution < 1.29 is 4.79 Å². The van der Waals surface area contributed by atoms with Crippen LogP contribution < -0.4 is 4.90 Å². The van der Waals surface area contributed by atoms with E-state index in [9.17, 15) is 4.79 Å². The molecule has 0 bridgehead atoms. The van der Waals surface area contributed by atoms with Crippen LogP contribution in [0, 0.1) is 13.8 Å². The Morgan fingerprint density at radius 2 is 1.89 bits per heavy atom. The summed E-state index contributed by atoms with van der Waals surface area (Å²) in [6.45, 7) is 8.08. The van der Waals surface area contributed by atoms with Crippen molar-refractivity contribution in [2.75, 3.05) is 31.1 Å². The Balaban J connectivity index is 1.31. The number of carbonyl (C=O) groups excluding carboxylic acids is 1. The van der Waals surface area contributed by atoms with Gasteiger partial charge in [0.05, 0.1) is 10.2 Å². The van der Waals surface area contributed by atoms with Gasteiger partial charge in [-0.05, 0) is 37.5 Å². The van der Waals surface area contributed by atoms with Gasteiger partial charge in [-0.1, -0.05) is 17.4 Å². The number of hydrogen-bond donors (Lipinski definition) is 0. The first-order valence-electron chi connectivity index (χ1n) is 9.45. The van der Waals surface area contributed by atoms with E-state index in [1.54, 1.807) is 11.3 Å². The topological polar surface area (TPSA) is 67.2 Å². The molecule has 5 rings (SSSR count). The Labute approximate surface area is 161 Å². The molecule has 7 nitrogen and oxygen atoms in total. The molecule has 0 N–H and O–H groups in total. The van der Waals surface area contributed by atoms with Crippen molar-refractivity contribution in [1.82, 2.24) is 24.6 Å². The van der Waals surface area contributed by atoms with Crippen LogP contribution in [-0.4, -0.2) is 56.7 Å². The molecule has 27 heavy (non-hydrogen) atoms. The van der Waals surface area contributed by atoms with Gasteiger partial charge in [-0.3, -0.25) is 4.79 Å². The number of piperazine rings is 1. The molecule has 4 heterocycles. The standard InChI is InChI=1S/C19H22N6OS/c1-12-5-6-14-16(13(12)2)20-19(27-14)24-10-8-23(9-11-24)18(26)17-22-21-15-4-3-7-25(15)17/h5-6H,3-4,7-11H2,1-2H3. The van der Waals surface area contributed by atoms with Crippen LogP contribution in [0.2, 0.25) is 0 Å². The van der Waals surface area contributed by atoms with E-state index in [1.807, 2.05) is 9.47 Å². The highest BCUT2D eigenvalue weighted by Gasteiger charge is 2.29. The largest absolute Gasteiger partial charge is 0.345 e. The Kier molecular flexibility index (Phi) is 3.89. The fourth-order valence-corrected chi connectivity index (χ4v) is 4.98. The summed E-state index contributed by atoms with van der Waals surface area (Å²) in [5, 5.41) is 9.35. The predicted octanol–water partition coefficient (Wildman–Crippen LogP) is 2.41. The van der Waals surface area contributed by atoms with E-state index in [1.165, 1.54) is 15.8 Å². The van der Waals surface area contributed by atoms with Crippen molar-refractivity contribution in [3.63, 3.8) is 0 Å². The maximum atomic E-state index is 12.9. The highest BCUT2D eigenvalue weighted by molar-refractivity contribution is 7.22. The first kappa shape index (κ1) is 16.7. The lowest BCUT2D eigenvalue weighted by atomic mass is 10.1. The van der Waals surface area contributed by atoms with Crippen LogP contribution in [0.5, 0.6) is 0 Å². The predicted molar refractivity (Wildman–Crippen MR) is 106 cm³/mol. The normalized spacial score (nSPS) is 17.0. The molecule has 1 amide bonds. The van der Waals surface area contributed by atoms with Crippen molar-refractivity contribution >= 4 is 32.6 Å². The van der Waals surface area contributed by atoms with Crippen molar-refractivity contribution in [2.45, 2.75) is 33.2 Å². The summed E-state index contributed by atoms with van der Waals surface area (Å²) in [5.41, 5.74) is 3.63. The molecular weight excluding hydrogens is 360 g/mol. The molecule has 2 aliphatic heterocycles. The number of thiazole rings is 1. The van der Waals surface area contributed by atoms with Gasteiger partial charge in [0.2, 0.25) is 5.82 Å². The van der Waals surface area contributed by atoms with Gasteiger partial charge in [0.25, 0.3) is 5.91 Å². The van der Waals surface area contributed by atoms with Crippen LogP contribution in [0.1, 0.15) is 34.0 Å². The summed E-state index contributed by atoms with van der Waals surface area (Å²) in [6.07, 6.45) is 1.97. The van der Waals surface area contributed by atoms with Gasteiger partial charge in [0.15, 0.2) is 5.13 Å².